The number of hydrogen-bond acceptors (Lipinski definition) is 2. The molecule has 0 fully saturated rings. The predicted octanol–water partition coefficient (Wildman–Crippen LogP) is 1.18. The lowest BCUT2D eigenvalue weighted by Crippen LogP contribution is -2.54. The van der Waals surface area contributed by atoms with Crippen LogP contribution in [0.15, 0.2) is 0 Å². The van der Waals surface area contributed by atoms with Crippen molar-refractivity contribution in [1.29, 1.82) is 0 Å². The molecule has 3 nitrogen and oxygen atoms in total. The SMILES string of the molecule is CCC(N)(CC)C(=O)NCC(F)(F)F. The van der Waals surface area contributed by atoms with Gasteiger partial charge in [-0.05, 0) is 12.8 Å². The minimum absolute atomic E-state index is 0.313. The zero-order chi connectivity index (χ0) is 11.4. The molecular formula is C8H15F3N2O. The fraction of sp³-hybridized carbons (Fsp3) is 0.875. The maximum atomic E-state index is 11.8. The summed E-state index contributed by atoms with van der Waals surface area (Å²) in [5.74, 6) is -0.750. The molecule has 0 rings (SSSR count). The van der Waals surface area contributed by atoms with Gasteiger partial charge in [-0.15, -0.1) is 0 Å². The summed E-state index contributed by atoms with van der Waals surface area (Å²) in [4.78, 5) is 11.2. The molecule has 0 aromatic heterocycles. The first-order valence-electron chi connectivity index (χ1n) is 4.39. The lowest BCUT2D eigenvalue weighted by molar-refractivity contribution is -0.141. The Morgan fingerprint density at radius 3 is 2.00 bits per heavy atom. The first-order valence-corrected chi connectivity index (χ1v) is 4.39. The van der Waals surface area contributed by atoms with Crippen LogP contribution in [-0.2, 0) is 4.79 Å². The zero-order valence-corrected chi connectivity index (χ0v) is 8.24. The highest BCUT2D eigenvalue weighted by atomic mass is 19.4. The van der Waals surface area contributed by atoms with Gasteiger partial charge >= 0.3 is 6.18 Å². The minimum atomic E-state index is -4.39. The van der Waals surface area contributed by atoms with Crippen LogP contribution in [0.1, 0.15) is 26.7 Å². The van der Waals surface area contributed by atoms with Gasteiger partial charge in [0.1, 0.15) is 6.54 Å². The van der Waals surface area contributed by atoms with Gasteiger partial charge in [0.25, 0.3) is 0 Å². The third-order valence-corrected chi connectivity index (χ3v) is 2.16. The van der Waals surface area contributed by atoms with E-state index in [2.05, 4.69) is 0 Å². The standard InChI is InChI=1S/C8H15F3N2O/c1-3-7(12,4-2)6(14)13-5-8(9,10)11/h3-5,12H2,1-2H3,(H,13,14). The second-order valence-corrected chi connectivity index (χ2v) is 3.16. The van der Waals surface area contributed by atoms with E-state index in [1.807, 2.05) is 0 Å². The number of amides is 1. The number of halogens is 3. The molecule has 0 spiro atoms. The van der Waals surface area contributed by atoms with Gasteiger partial charge < -0.3 is 11.1 Å². The maximum Gasteiger partial charge on any atom is 0.405 e. The third kappa shape index (κ3) is 3.95. The van der Waals surface area contributed by atoms with Crippen LogP contribution >= 0.6 is 0 Å². The van der Waals surface area contributed by atoms with Crippen LogP contribution in [0.25, 0.3) is 0 Å². The molecular weight excluding hydrogens is 197 g/mol. The van der Waals surface area contributed by atoms with Crippen molar-refractivity contribution < 1.29 is 18.0 Å². The summed E-state index contributed by atoms with van der Waals surface area (Å²) in [6.45, 7) is 2.00. The lowest BCUT2D eigenvalue weighted by atomic mass is 9.93. The highest BCUT2D eigenvalue weighted by molar-refractivity contribution is 5.85. The van der Waals surface area contributed by atoms with Gasteiger partial charge in [0, 0.05) is 0 Å². The van der Waals surface area contributed by atoms with Crippen LogP contribution in [-0.4, -0.2) is 24.2 Å². The second kappa shape index (κ2) is 4.63. The van der Waals surface area contributed by atoms with Crippen molar-refractivity contribution >= 4 is 5.91 Å². The number of hydrogen-bond donors (Lipinski definition) is 2. The molecule has 84 valence electrons. The fourth-order valence-corrected chi connectivity index (χ4v) is 0.928. The smallest absolute Gasteiger partial charge is 0.345 e. The number of alkyl halides is 3. The maximum absolute atomic E-state index is 11.8. The monoisotopic (exact) mass is 212 g/mol. The zero-order valence-electron chi connectivity index (χ0n) is 8.24. The molecule has 0 aromatic rings. The molecule has 0 saturated carbocycles. The Hall–Kier alpha value is -0.780. The highest BCUT2D eigenvalue weighted by Gasteiger charge is 2.34. The Balaban J connectivity index is 4.20. The number of carbonyl (C=O) groups is 1. The predicted molar refractivity (Wildman–Crippen MR) is 46.6 cm³/mol. The van der Waals surface area contributed by atoms with Crippen molar-refractivity contribution in [3.05, 3.63) is 0 Å². The van der Waals surface area contributed by atoms with E-state index in [0.29, 0.717) is 12.8 Å². The van der Waals surface area contributed by atoms with E-state index >= 15 is 0 Å². The molecule has 0 aliphatic carbocycles. The van der Waals surface area contributed by atoms with Crippen LogP contribution in [0.4, 0.5) is 13.2 Å². The number of rotatable bonds is 4. The van der Waals surface area contributed by atoms with Gasteiger partial charge in [-0.25, -0.2) is 0 Å². The van der Waals surface area contributed by atoms with Crippen molar-refractivity contribution in [2.24, 2.45) is 5.73 Å². The Morgan fingerprint density at radius 2 is 1.71 bits per heavy atom. The van der Waals surface area contributed by atoms with Crippen LogP contribution in [0.2, 0.25) is 0 Å². The third-order valence-electron chi connectivity index (χ3n) is 2.16. The quantitative estimate of drug-likeness (QED) is 0.735. The molecule has 0 heterocycles. The van der Waals surface area contributed by atoms with Crippen molar-refractivity contribution in [2.45, 2.75) is 38.4 Å². The van der Waals surface area contributed by atoms with Gasteiger partial charge in [0.05, 0.1) is 5.54 Å². The summed E-state index contributed by atoms with van der Waals surface area (Å²) < 4.78 is 35.3. The summed E-state index contributed by atoms with van der Waals surface area (Å²) in [6.07, 6.45) is -3.77. The number of nitrogens with two attached hydrogens (primary N) is 1. The van der Waals surface area contributed by atoms with Gasteiger partial charge in [-0.2, -0.15) is 13.2 Å². The minimum Gasteiger partial charge on any atom is -0.345 e. The van der Waals surface area contributed by atoms with Gasteiger partial charge in [0.15, 0.2) is 0 Å². The molecule has 0 bridgehead atoms. The summed E-state index contributed by atoms with van der Waals surface area (Å²) in [6, 6.07) is 0. The largest absolute Gasteiger partial charge is 0.405 e. The molecule has 14 heavy (non-hydrogen) atoms. The number of nitrogens with one attached hydrogen (secondary N) is 1. The first kappa shape index (κ1) is 13.2. The van der Waals surface area contributed by atoms with Gasteiger partial charge in [-0.3, -0.25) is 4.79 Å². The fourth-order valence-electron chi connectivity index (χ4n) is 0.928. The Labute approximate surface area is 80.8 Å². The van der Waals surface area contributed by atoms with Crippen molar-refractivity contribution in [3.8, 4) is 0 Å². The summed E-state index contributed by atoms with van der Waals surface area (Å²) in [7, 11) is 0. The van der Waals surface area contributed by atoms with Crippen LogP contribution in [0.5, 0.6) is 0 Å². The van der Waals surface area contributed by atoms with Gasteiger partial charge in [-0.1, -0.05) is 13.8 Å². The summed E-state index contributed by atoms with van der Waals surface area (Å²) >= 11 is 0. The van der Waals surface area contributed by atoms with Crippen LogP contribution in [0, 0.1) is 0 Å². The van der Waals surface area contributed by atoms with E-state index in [0.717, 1.165) is 0 Å². The summed E-state index contributed by atoms with van der Waals surface area (Å²) in [5, 5.41) is 1.78. The van der Waals surface area contributed by atoms with Crippen LogP contribution in [0.3, 0.4) is 0 Å². The summed E-state index contributed by atoms with van der Waals surface area (Å²) in [5.41, 5.74) is 4.40. The molecule has 3 N–H and O–H groups in total. The average Bonchev–Trinajstić information content (AvgIpc) is 2.11. The van der Waals surface area contributed by atoms with Crippen molar-refractivity contribution in [2.75, 3.05) is 6.54 Å². The Kier molecular flexibility index (Phi) is 4.38. The second-order valence-electron chi connectivity index (χ2n) is 3.16. The molecule has 0 atom stereocenters. The molecule has 0 saturated heterocycles. The number of carbonyl (C=O) groups excluding carboxylic acids is 1. The van der Waals surface area contributed by atoms with E-state index < -0.39 is 24.2 Å². The van der Waals surface area contributed by atoms with E-state index in [1.54, 1.807) is 19.2 Å². The molecule has 0 radical (unpaired) electrons. The van der Waals surface area contributed by atoms with E-state index in [4.69, 9.17) is 5.73 Å². The average molecular weight is 212 g/mol. The topological polar surface area (TPSA) is 55.1 Å². The van der Waals surface area contributed by atoms with Crippen LogP contribution < -0.4 is 11.1 Å². The molecule has 0 aromatic carbocycles. The van der Waals surface area contributed by atoms with Crippen molar-refractivity contribution in [1.82, 2.24) is 5.32 Å². The molecule has 0 unspecified atom stereocenters. The van der Waals surface area contributed by atoms with E-state index in [-0.39, 0.29) is 0 Å². The van der Waals surface area contributed by atoms with E-state index in [9.17, 15) is 18.0 Å². The molecule has 0 aliphatic rings. The molecule has 1 amide bonds. The highest BCUT2D eigenvalue weighted by Crippen LogP contribution is 2.15. The normalized spacial score (nSPS) is 12.7. The van der Waals surface area contributed by atoms with E-state index in [1.165, 1.54) is 0 Å². The molecule has 6 heteroatoms. The lowest BCUT2D eigenvalue weighted by Gasteiger charge is -2.25. The first-order chi connectivity index (χ1) is 6.25. The molecule has 0 aliphatic heterocycles. The Bertz CT molecular complexity index is 199. The van der Waals surface area contributed by atoms with Crippen molar-refractivity contribution in [3.63, 3.8) is 0 Å². The van der Waals surface area contributed by atoms with Gasteiger partial charge in [0.2, 0.25) is 5.91 Å². The Morgan fingerprint density at radius 1 is 1.29 bits per heavy atom.